The minimum absolute atomic E-state index is 0.0202. The van der Waals surface area contributed by atoms with E-state index >= 15 is 0 Å². The second-order valence-corrected chi connectivity index (χ2v) is 7.12. The number of nitrogens with zero attached hydrogens (tertiary/aromatic N) is 1. The first kappa shape index (κ1) is 18.7. The molecule has 1 heterocycles. The minimum Gasteiger partial charge on any atom is -0.497 e. The van der Waals surface area contributed by atoms with E-state index in [0.29, 0.717) is 6.42 Å². The van der Waals surface area contributed by atoms with E-state index in [1.165, 1.54) is 18.4 Å². The Morgan fingerprint density at radius 1 is 1.12 bits per heavy atom. The van der Waals surface area contributed by atoms with Crippen molar-refractivity contribution in [2.45, 2.75) is 30.8 Å². The van der Waals surface area contributed by atoms with Crippen molar-refractivity contribution in [2.24, 2.45) is 0 Å². The Hall–Kier alpha value is -2.10. The van der Waals surface area contributed by atoms with Gasteiger partial charge in [0.15, 0.2) is 0 Å². The summed E-state index contributed by atoms with van der Waals surface area (Å²) < 4.78 is 5.28. The molecule has 0 radical (unpaired) electrons. The number of ether oxygens (including phenoxy) is 1. The zero-order valence-corrected chi connectivity index (χ0v) is 15.6. The SMILES string of the molecule is C=CC[C@](O)(c1ccc(OC)cc1)[C@@H](CN1CCCC1)c1ccccc1. The van der Waals surface area contributed by atoms with Crippen molar-refractivity contribution >= 4 is 0 Å². The summed E-state index contributed by atoms with van der Waals surface area (Å²) in [6.07, 6.45) is 4.81. The van der Waals surface area contributed by atoms with Gasteiger partial charge in [-0.15, -0.1) is 6.58 Å². The average Bonchev–Trinajstić information content (AvgIpc) is 3.20. The normalized spacial score (nSPS) is 18.2. The van der Waals surface area contributed by atoms with Crippen molar-refractivity contribution in [1.82, 2.24) is 4.90 Å². The summed E-state index contributed by atoms with van der Waals surface area (Å²) in [5, 5.41) is 11.9. The Morgan fingerprint density at radius 3 is 2.35 bits per heavy atom. The molecule has 0 bridgehead atoms. The molecule has 0 amide bonds. The van der Waals surface area contributed by atoms with E-state index in [2.05, 4.69) is 35.7 Å². The van der Waals surface area contributed by atoms with Gasteiger partial charge in [0.05, 0.1) is 7.11 Å². The minimum atomic E-state index is -1.00. The van der Waals surface area contributed by atoms with E-state index in [1.807, 2.05) is 36.4 Å². The molecule has 1 fully saturated rings. The molecule has 2 aromatic carbocycles. The number of hydrogen-bond donors (Lipinski definition) is 1. The van der Waals surface area contributed by atoms with Gasteiger partial charge >= 0.3 is 0 Å². The lowest BCUT2D eigenvalue weighted by Crippen LogP contribution is -2.40. The van der Waals surface area contributed by atoms with Gasteiger partial charge in [0, 0.05) is 12.5 Å². The fraction of sp³-hybridized carbons (Fsp3) is 0.391. The Bertz CT molecular complexity index is 692. The lowest BCUT2D eigenvalue weighted by molar-refractivity contribution is -0.000360. The summed E-state index contributed by atoms with van der Waals surface area (Å²) in [7, 11) is 1.66. The summed E-state index contributed by atoms with van der Waals surface area (Å²) in [5.74, 6) is 0.777. The number of aliphatic hydroxyl groups is 1. The van der Waals surface area contributed by atoms with Gasteiger partial charge in [-0.2, -0.15) is 0 Å². The van der Waals surface area contributed by atoms with Crippen LogP contribution < -0.4 is 4.74 Å². The van der Waals surface area contributed by atoms with Crippen LogP contribution in [0.2, 0.25) is 0 Å². The molecule has 0 spiro atoms. The van der Waals surface area contributed by atoms with E-state index in [9.17, 15) is 5.11 Å². The highest BCUT2D eigenvalue weighted by molar-refractivity contribution is 5.36. The van der Waals surface area contributed by atoms with Gasteiger partial charge in [0.2, 0.25) is 0 Å². The molecule has 0 aromatic heterocycles. The third kappa shape index (κ3) is 4.00. The molecule has 0 saturated carbocycles. The maximum atomic E-state index is 11.9. The molecule has 1 aliphatic rings. The topological polar surface area (TPSA) is 32.7 Å². The second kappa shape index (κ2) is 8.52. The summed E-state index contributed by atoms with van der Waals surface area (Å²) in [4.78, 5) is 2.47. The largest absolute Gasteiger partial charge is 0.497 e. The first-order valence-corrected chi connectivity index (χ1v) is 9.42. The Morgan fingerprint density at radius 2 is 1.77 bits per heavy atom. The predicted octanol–water partition coefficient (Wildman–Crippen LogP) is 4.34. The maximum Gasteiger partial charge on any atom is 0.118 e. The van der Waals surface area contributed by atoms with Gasteiger partial charge < -0.3 is 14.7 Å². The third-order valence-electron chi connectivity index (χ3n) is 5.46. The number of likely N-dealkylation sites (tertiary alicyclic amines) is 1. The average molecular weight is 351 g/mol. The van der Waals surface area contributed by atoms with E-state index in [4.69, 9.17) is 4.74 Å². The van der Waals surface area contributed by atoms with E-state index in [1.54, 1.807) is 7.11 Å². The molecule has 1 aliphatic heterocycles. The summed E-state index contributed by atoms with van der Waals surface area (Å²) in [6, 6.07) is 18.2. The Balaban J connectivity index is 2.01. The van der Waals surface area contributed by atoms with Crippen LogP contribution in [0.15, 0.2) is 67.3 Å². The standard InChI is InChI=1S/C23H29NO2/c1-3-15-23(25,20-11-13-21(26-2)14-12-20)22(18-24-16-7-8-17-24)19-9-5-4-6-10-19/h3-6,9-14,22,25H,1,7-8,15-18H2,2H3/t22-,23-/m0/s1. The number of hydrogen-bond acceptors (Lipinski definition) is 3. The van der Waals surface area contributed by atoms with Crippen LogP contribution in [-0.4, -0.2) is 36.8 Å². The van der Waals surface area contributed by atoms with Crippen LogP contribution >= 0.6 is 0 Å². The molecule has 3 rings (SSSR count). The number of rotatable bonds is 8. The van der Waals surface area contributed by atoms with Crippen molar-refractivity contribution in [3.8, 4) is 5.75 Å². The van der Waals surface area contributed by atoms with E-state index in [0.717, 1.165) is 30.9 Å². The first-order valence-electron chi connectivity index (χ1n) is 9.42. The van der Waals surface area contributed by atoms with Crippen molar-refractivity contribution in [2.75, 3.05) is 26.7 Å². The van der Waals surface area contributed by atoms with Crippen LogP contribution in [0.4, 0.5) is 0 Å². The van der Waals surface area contributed by atoms with Crippen LogP contribution in [0.1, 0.15) is 36.3 Å². The molecule has 138 valence electrons. The highest BCUT2D eigenvalue weighted by Crippen LogP contribution is 2.41. The first-order chi connectivity index (χ1) is 12.7. The van der Waals surface area contributed by atoms with Gasteiger partial charge in [-0.05, 0) is 55.6 Å². The van der Waals surface area contributed by atoms with Gasteiger partial charge in [-0.3, -0.25) is 0 Å². The quantitative estimate of drug-likeness (QED) is 0.718. The van der Waals surface area contributed by atoms with Crippen LogP contribution in [0, 0.1) is 0 Å². The molecule has 3 nitrogen and oxygen atoms in total. The van der Waals surface area contributed by atoms with Crippen LogP contribution in [-0.2, 0) is 5.60 Å². The Labute approximate surface area is 156 Å². The zero-order chi connectivity index (χ0) is 18.4. The summed E-state index contributed by atoms with van der Waals surface area (Å²) >= 11 is 0. The fourth-order valence-corrected chi connectivity index (χ4v) is 4.00. The molecule has 1 saturated heterocycles. The monoisotopic (exact) mass is 351 g/mol. The van der Waals surface area contributed by atoms with Crippen LogP contribution in [0.25, 0.3) is 0 Å². The molecular formula is C23H29NO2. The van der Waals surface area contributed by atoms with Crippen molar-refractivity contribution in [3.63, 3.8) is 0 Å². The zero-order valence-electron chi connectivity index (χ0n) is 15.6. The summed E-state index contributed by atoms with van der Waals surface area (Å²) in [6.45, 7) is 6.98. The highest BCUT2D eigenvalue weighted by Gasteiger charge is 2.39. The van der Waals surface area contributed by atoms with Gasteiger partial charge in [0.1, 0.15) is 11.4 Å². The van der Waals surface area contributed by atoms with E-state index in [-0.39, 0.29) is 5.92 Å². The van der Waals surface area contributed by atoms with E-state index < -0.39 is 5.60 Å². The molecule has 2 atom stereocenters. The molecule has 3 heteroatoms. The maximum absolute atomic E-state index is 11.9. The smallest absolute Gasteiger partial charge is 0.118 e. The fourth-order valence-electron chi connectivity index (χ4n) is 4.00. The molecule has 26 heavy (non-hydrogen) atoms. The molecule has 1 N–H and O–H groups in total. The lowest BCUT2D eigenvalue weighted by atomic mass is 9.75. The molecule has 2 aromatic rings. The van der Waals surface area contributed by atoms with Crippen LogP contribution in [0.5, 0.6) is 5.75 Å². The summed E-state index contributed by atoms with van der Waals surface area (Å²) in [5.41, 5.74) is 1.07. The number of benzene rings is 2. The van der Waals surface area contributed by atoms with Gasteiger partial charge in [0.25, 0.3) is 0 Å². The van der Waals surface area contributed by atoms with Gasteiger partial charge in [-0.25, -0.2) is 0 Å². The molecule has 0 unspecified atom stereocenters. The Kier molecular flexibility index (Phi) is 6.12. The van der Waals surface area contributed by atoms with Crippen molar-refractivity contribution < 1.29 is 9.84 Å². The van der Waals surface area contributed by atoms with Gasteiger partial charge in [-0.1, -0.05) is 48.5 Å². The van der Waals surface area contributed by atoms with Crippen molar-refractivity contribution in [3.05, 3.63) is 78.4 Å². The van der Waals surface area contributed by atoms with Crippen molar-refractivity contribution in [1.29, 1.82) is 0 Å². The second-order valence-electron chi connectivity index (χ2n) is 7.12. The third-order valence-corrected chi connectivity index (χ3v) is 5.46. The van der Waals surface area contributed by atoms with Crippen LogP contribution in [0.3, 0.4) is 0 Å². The number of methoxy groups -OCH3 is 1. The predicted molar refractivity (Wildman–Crippen MR) is 107 cm³/mol. The lowest BCUT2D eigenvalue weighted by Gasteiger charge is -2.39. The molecular weight excluding hydrogens is 322 g/mol. The highest BCUT2D eigenvalue weighted by atomic mass is 16.5. The molecule has 0 aliphatic carbocycles.